The molecule has 1 aromatic carbocycles. The minimum absolute atomic E-state index is 0.101. The van der Waals surface area contributed by atoms with Gasteiger partial charge in [0.15, 0.2) is 6.61 Å². The lowest BCUT2D eigenvalue weighted by Gasteiger charge is -2.15. The van der Waals surface area contributed by atoms with Gasteiger partial charge in [-0.25, -0.2) is 4.79 Å². The van der Waals surface area contributed by atoms with Crippen LogP contribution < -0.4 is 10.1 Å². The minimum atomic E-state index is -0.396. The number of rotatable bonds is 7. The zero-order valence-corrected chi connectivity index (χ0v) is 16.8. The second-order valence-corrected chi connectivity index (χ2v) is 7.84. The molecular weight excluding hydrogens is 362 g/mol. The lowest BCUT2D eigenvalue weighted by Crippen LogP contribution is -2.21. The van der Waals surface area contributed by atoms with Crippen molar-refractivity contribution in [1.82, 2.24) is 0 Å². The Morgan fingerprint density at radius 2 is 2.04 bits per heavy atom. The average molecular weight is 388 g/mol. The maximum Gasteiger partial charge on any atom is 0.341 e. The number of anilines is 1. The van der Waals surface area contributed by atoms with E-state index >= 15 is 0 Å². The van der Waals surface area contributed by atoms with E-state index in [4.69, 9.17) is 9.47 Å². The fourth-order valence-corrected chi connectivity index (χ4v) is 4.65. The van der Waals surface area contributed by atoms with E-state index in [9.17, 15) is 9.59 Å². The van der Waals surface area contributed by atoms with Crippen LogP contribution in [0.5, 0.6) is 5.75 Å². The smallest absolute Gasteiger partial charge is 0.341 e. The molecule has 1 aliphatic rings. The van der Waals surface area contributed by atoms with E-state index in [-0.39, 0.29) is 12.5 Å². The Balaban J connectivity index is 1.70. The van der Waals surface area contributed by atoms with Crippen molar-refractivity contribution in [3.63, 3.8) is 0 Å². The number of carbonyl (C=O) groups excluding carboxylic acids is 2. The van der Waals surface area contributed by atoms with Crippen LogP contribution in [0.4, 0.5) is 5.00 Å². The molecule has 27 heavy (non-hydrogen) atoms. The Hall–Kier alpha value is -2.34. The molecule has 0 saturated carbocycles. The normalized spacial score (nSPS) is 13.7. The number of methoxy groups -OCH3 is 1. The molecule has 0 spiro atoms. The highest BCUT2D eigenvalue weighted by Gasteiger charge is 2.28. The molecule has 3 rings (SSSR count). The van der Waals surface area contributed by atoms with Crippen molar-refractivity contribution in [2.45, 2.75) is 45.4 Å². The summed E-state index contributed by atoms with van der Waals surface area (Å²) < 4.78 is 10.7. The molecule has 6 heteroatoms. The number of thiophene rings is 1. The minimum Gasteiger partial charge on any atom is -0.483 e. The van der Waals surface area contributed by atoms with Gasteiger partial charge in [0, 0.05) is 4.88 Å². The van der Waals surface area contributed by atoms with Crippen LogP contribution in [0.3, 0.4) is 0 Å². The lowest BCUT2D eigenvalue weighted by molar-refractivity contribution is -0.118. The Bertz CT molecular complexity index is 843. The first-order chi connectivity index (χ1) is 13.0. The van der Waals surface area contributed by atoms with Crippen molar-refractivity contribution < 1.29 is 19.1 Å². The molecule has 1 aliphatic carbocycles. The number of hydrogen-bond donors (Lipinski definition) is 1. The average Bonchev–Trinajstić information content (AvgIpc) is 3.26. The summed E-state index contributed by atoms with van der Waals surface area (Å²) in [5.74, 6) is 0.408. The maximum absolute atomic E-state index is 12.4. The molecule has 1 atom stereocenters. The molecule has 5 nitrogen and oxygen atoms in total. The Kier molecular flexibility index (Phi) is 6.16. The monoisotopic (exact) mass is 387 g/mol. The SMILES string of the molecule is CC[C@@H](C)c1ccccc1OCC(=O)Nc1sc2c(c1C(=O)OC)CCC2. The van der Waals surface area contributed by atoms with Gasteiger partial charge in [-0.2, -0.15) is 0 Å². The molecule has 1 amide bonds. The number of esters is 1. The summed E-state index contributed by atoms with van der Waals surface area (Å²) in [5, 5.41) is 3.41. The number of fused-ring (bicyclic) bond motifs is 1. The van der Waals surface area contributed by atoms with Crippen molar-refractivity contribution in [3.05, 3.63) is 45.8 Å². The molecule has 1 aromatic heterocycles. The predicted molar refractivity (Wildman–Crippen MR) is 107 cm³/mol. The Morgan fingerprint density at radius 3 is 2.78 bits per heavy atom. The van der Waals surface area contributed by atoms with Crippen LogP contribution in [0.1, 0.15) is 59.0 Å². The molecule has 0 unspecified atom stereocenters. The number of carbonyl (C=O) groups is 2. The largest absolute Gasteiger partial charge is 0.483 e. The van der Waals surface area contributed by atoms with Gasteiger partial charge in [-0.3, -0.25) is 4.79 Å². The van der Waals surface area contributed by atoms with E-state index < -0.39 is 5.97 Å². The molecular formula is C21H25NO4S. The molecule has 0 saturated heterocycles. The molecule has 1 N–H and O–H groups in total. The van der Waals surface area contributed by atoms with Gasteiger partial charge in [0.05, 0.1) is 12.7 Å². The van der Waals surface area contributed by atoms with Crippen LogP contribution in [0.25, 0.3) is 0 Å². The molecule has 144 valence electrons. The number of para-hydroxylation sites is 1. The lowest BCUT2D eigenvalue weighted by atomic mass is 9.98. The molecule has 0 fully saturated rings. The summed E-state index contributed by atoms with van der Waals surface area (Å²) in [5.41, 5.74) is 2.62. The fraction of sp³-hybridized carbons (Fsp3) is 0.429. The molecule has 2 aromatic rings. The third-order valence-electron chi connectivity index (χ3n) is 4.98. The first-order valence-corrected chi connectivity index (χ1v) is 10.1. The van der Waals surface area contributed by atoms with Gasteiger partial charge >= 0.3 is 5.97 Å². The van der Waals surface area contributed by atoms with Gasteiger partial charge in [0.25, 0.3) is 5.91 Å². The second-order valence-electron chi connectivity index (χ2n) is 6.74. The van der Waals surface area contributed by atoms with Crippen LogP contribution in [-0.4, -0.2) is 25.6 Å². The standard InChI is InChI=1S/C21H25NO4S/c1-4-13(2)14-8-5-6-10-16(14)26-12-18(23)22-20-19(21(24)25-3)15-9-7-11-17(15)27-20/h5-6,8,10,13H,4,7,9,11-12H2,1-3H3,(H,22,23)/t13-/m1/s1. The van der Waals surface area contributed by atoms with Gasteiger partial charge in [-0.1, -0.05) is 32.0 Å². The number of hydrogen-bond acceptors (Lipinski definition) is 5. The van der Waals surface area contributed by atoms with E-state index in [0.717, 1.165) is 47.4 Å². The highest BCUT2D eigenvalue weighted by Crippen LogP contribution is 2.39. The number of benzene rings is 1. The zero-order chi connectivity index (χ0) is 19.4. The zero-order valence-electron chi connectivity index (χ0n) is 16.0. The summed E-state index contributed by atoms with van der Waals surface area (Å²) in [6, 6.07) is 7.79. The van der Waals surface area contributed by atoms with Crippen molar-refractivity contribution in [1.29, 1.82) is 0 Å². The highest BCUT2D eigenvalue weighted by atomic mass is 32.1. The van der Waals surface area contributed by atoms with Gasteiger partial charge in [-0.05, 0) is 48.8 Å². The van der Waals surface area contributed by atoms with Crippen LogP contribution in [0.2, 0.25) is 0 Å². The summed E-state index contributed by atoms with van der Waals surface area (Å²) in [4.78, 5) is 25.8. The van der Waals surface area contributed by atoms with E-state index in [1.807, 2.05) is 24.3 Å². The van der Waals surface area contributed by atoms with Gasteiger partial charge in [0.2, 0.25) is 0 Å². The summed E-state index contributed by atoms with van der Waals surface area (Å²) in [6.45, 7) is 4.16. The first kappa shape index (κ1) is 19.4. The topological polar surface area (TPSA) is 64.6 Å². The first-order valence-electron chi connectivity index (χ1n) is 9.29. The van der Waals surface area contributed by atoms with E-state index in [1.165, 1.54) is 18.4 Å². The quantitative estimate of drug-likeness (QED) is 0.708. The second kappa shape index (κ2) is 8.57. The van der Waals surface area contributed by atoms with Crippen LogP contribution in [0.15, 0.2) is 24.3 Å². The third-order valence-corrected chi connectivity index (χ3v) is 6.19. The Labute approximate surface area is 163 Å². The van der Waals surface area contributed by atoms with Crippen LogP contribution >= 0.6 is 11.3 Å². The van der Waals surface area contributed by atoms with Gasteiger partial charge < -0.3 is 14.8 Å². The van der Waals surface area contributed by atoms with Crippen LogP contribution in [-0.2, 0) is 22.4 Å². The molecule has 1 heterocycles. The number of amides is 1. The van der Waals surface area contributed by atoms with Crippen molar-refractivity contribution in [2.24, 2.45) is 0 Å². The molecule has 0 aliphatic heterocycles. The fourth-order valence-electron chi connectivity index (χ4n) is 3.36. The molecule has 0 bridgehead atoms. The number of ether oxygens (including phenoxy) is 2. The highest BCUT2D eigenvalue weighted by molar-refractivity contribution is 7.17. The van der Waals surface area contributed by atoms with Gasteiger partial charge in [0.1, 0.15) is 10.8 Å². The van der Waals surface area contributed by atoms with Crippen molar-refractivity contribution in [2.75, 3.05) is 19.0 Å². The van der Waals surface area contributed by atoms with Crippen LogP contribution in [0, 0.1) is 0 Å². The Morgan fingerprint density at radius 1 is 1.26 bits per heavy atom. The summed E-state index contributed by atoms with van der Waals surface area (Å²) in [6.07, 6.45) is 3.83. The number of aryl methyl sites for hydroxylation is 1. The predicted octanol–water partition coefficient (Wildman–Crippen LogP) is 4.55. The summed E-state index contributed by atoms with van der Waals surface area (Å²) in [7, 11) is 1.36. The van der Waals surface area contributed by atoms with Gasteiger partial charge in [-0.15, -0.1) is 11.3 Å². The van der Waals surface area contributed by atoms with E-state index in [0.29, 0.717) is 16.5 Å². The van der Waals surface area contributed by atoms with Crippen molar-refractivity contribution in [3.8, 4) is 5.75 Å². The molecule has 0 radical (unpaired) electrons. The number of nitrogens with one attached hydrogen (secondary N) is 1. The van der Waals surface area contributed by atoms with E-state index in [2.05, 4.69) is 19.2 Å². The van der Waals surface area contributed by atoms with E-state index in [1.54, 1.807) is 0 Å². The third kappa shape index (κ3) is 4.16. The maximum atomic E-state index is 12.4. The summed E-state index contributed by atoms with van der Waals surface area (Å²) >= 11 is 1.47. The van der Waals surface area contributed by atoms with Crippen molar-refractivity contribution >= 4 is 28.2 Å².